The van der Waals surface area contributed by atoms with E-state index in [-0.39, 0.29) is 0 Å². The van der Waals surface area contributed by atoms with Crippen molar-refractivity contribution in [3.8, 4) is 0 Å². The van der Waals surface area contributed by atoms with Gasteiger partial charge in [0.15, 0.2) is 12.4 Å². The van der Waals surface area contributed by atoms with Crippen LogP contribution in [-0.4, -0.2) is 4.98 Å². The molecule has 10 heavy (non-hydrogen) atoms. The van der Waals surface area contributed by atoms with E-state index < -0.39 is 0 Å². The molecule has 0 aliphatic heterocycles. The van der Waals surface area contributed by atoms with Crippen LogP contribution in [-0.2, 0) is 7.05 Å². The molecule has 0 unspecified atom stereocenters. The SMILES string of the molecule is C[n+]1ccc2cc[nH]c2c1. The van der Waals surface area contributed by atoms with Gasteiger partial charge in [-0.05, 0) is 6.07 Å². The van der Waals surface area contributed by atoms with Crippen LogP contribution in [0.4, 0.5) is 0 Å². The van der Waals surface area contributed by atoms with E-state index in [1.165, 1.54) is 10.9 Å². The Bertz CT molecular complexity index is 349. The highest BCUT2D eigenvalue weighted by molar-refractivity contribution is 5.76. The molecule has 2 nitrogen and oxygen atoms in total. The molecule has 2 heteroatoms. The Kier molecular flexibility index (Phi) is 1.01. The van der Waals surface area contributed by atoms with E-state index in [0.29, 0.717) is 0 Å². The fourth-order valence-corrected chi connectivity index (χ4v) is 1.10. The summed E-state index contributed by atoms with van der Waals surface area (Å²) in [4.78, 5) is 3.14. The zero-order chi connectivity index (χ0) is 6.97. The lowest BCUT2D eigenvalue weighted by Gasteiger charge is -1.85. The van der Waals surface area contributed by atoms with Gasteiger partial charge in [-0.15, -0.1) is 0 Å². The van der Waals surface area contributed by atoms with Crippen LogP contribution in [0.3, 0.4) is 0 Å². The Hall–Kier alpha value is -1.31. The predicted octanol–water partition coefficient (Wildman–Crippen LogP) is 0.992. The molecule has 0 bridgehead atoms. The topological polar surface area (TPSA) is 19.7 Å². The number of aryl methyl sites for hydroxylation is 1. The maximum atomic E-state index is 3.14. The molecule has 2 rings (SSSR count). The summed E-state index contributed by atoms with van der Waals surface area (Å²) in [6.07, 6.45) is 6.05. The van der Waals surface area contributed by atoms with Gasteiger partial charge in [-0.2, -0.15) is 0 Å². The minimum atomic E-state index is 1.19. The number of pyridine rings is 1. The number of nitrogens with one attached hydrogen (secondary N) is 1. The predicted molar refractivity (Wildman–Crippen MR) is 39.5 cm³/mol. The third-order valence-electron chi connectivity index (χ3n) is 1.63. The van der Waals surface area contributed by atoms with Crippen molar-refractivity contribution < 1.29 is 4.57 Å². The lowest BCUT2D eigenvalue weighted by Crippen LogP contribution is -2.25. The van der Waals surface area contributed by atoms with Crippen LogP contribution in [0, 0.1) is 0 Å². The molecule has 0 saturated heterocycles. The number of nitrogens with zero attached hydrogens (tertiary/aromatic N) is 1. The average molecular weight is 133 g/mol. The molecule has 2 aromatic heterocycles. The molecule has 0 aromatic carbocycles. The Morgan fingerprint density at radius 2 is 2.30 bits per heavy atom. The normalized spacial score (nSPS) is 10.5. The van der Waals surface area contributed by atoms with Crippen molar-refractivity contribution in [3.63, 3.8) is 0 Å². The van der Waals surface area contributed by atoms with E-state index >= 15 is 0 Å². The molecule has 0 radical (unpaired) electrons. The van der Waals surface area contributed by atoms with E-state index in [1.807, 2.05) is 24.0 Å². The van der Waals surface area contributed by atoms with Gasteiger partial charge >= 0.3 is 0 Å². The first kappa shape index (κ1) is 5.47. The Morgan fingerprint density at radius 1 is 1.40 bits per heavy atom. The maximum absolute atomic E-state index is 3.14. The molecule has 2 heterocycles. The quantitative estimate of drug-likeness (QED) is 0.517. The molecule has 0 aliphatic rings. The summed E-state index contributed by atoms with van der Waals surface area (Å²) in [6, 6.07) is 4.15. The van der Waals surface area contributed by atoms with Gasteiger partial charge in [-0.25, -0.2) is 4.57 Å². The molecule has 1 N–H and O–H groups in total. The Labute approximate surface area is 59.1 Å². The van der Waals surface area contributed by atoms with Crippen molar-refractivity contribution in [2.24, 2.45) is 7.05 Å². The second kappa shape index (κ2) is 1.84. The van der Waals surface area contributed by atoms with E-state index in [2.05, 4.69) is 23.3 Å². The minimum absolute atomic E-state index is 1.19. The van der Waals surface area contributed by atoms with Crippen molar-refractivity contribution in [1.29, 1.82) is 0 Å². The lowest BCUT2D eigenvalue weighted by atomic mass is 10.3. The number of rotatable bonds is 0. The zero-order valence-corrected chi connectivity index (χ0v) is 5.83. The zero-order valence-electron chi connectivity index (χ0n) is 5.83. The molecule has 0 fully saturated rings. The Morgan fingerprint density at radius 3 is 3.20 bits per heavy atom. The van der Waals surface area contributed by atoms with E-state index in [0.717, 1.165) is 0 Å². The number of hydrogen-bond acceptors (Lipinski definition) is 0. The van der Waals surface area contributed by atoms with Crippen LogP contribution in [0.2, 0.25) is 0 Å². The van der Waals surface area contributed by atoms with Gasteiger partial charge in [-0.3, -0.25) is 0 Å². The Balaban J connectivity index is 2.86. The third kappa shape index (κ3) is 0.692. The third-order valence-corrected chi connectivity index (χ3v) is 1.63. The van der Waals surface area contributed by atoms with E-state index in [4.69, 9.17) is 0 Å². The second-order valence-corrected chi connectivity index (χ2v) is 2.46. The van der Waals surface area contributed by atoms with Gasteiger partial charge in [0.25, 0.3) is 0 Å². The number of fused-ring (bicyclic) bond motifs is 1. The van der Waals surface area contributed by atoms with Crippen molar-refractivity contribution in [2.75, 3.05) is 0 Å². The first-order chi connectivity index (χ1) is 4.86. The molecule has 0 aliphatic carbocycles. The minimum Gasteiger partial charge on any atom is -0.356 e. The summed E-state index contributed by atoms with van der Waals surface area (Å²) < 4.78 is 2.03. The van der Waals surface area contributed by atoms with Gasteiger partial charge in [-0.1, -0.05) is 0 Å². The lowest BCUT2D eigenvalue weighted by molar-refractivity contribution is -0.670. The van der Waals surface area contributed by atoms with Gasteiger partial charge < -0.3 is 4.98 Å². The van der Waals surface area contributed by atoms with Crippen LogP contribution in [0.25, 0.3) is 10.9 Å². The first-order valence-electron chi connectivity index (χ1n) is 3.28. The van der Waals surface area contributed by atoms with Gasteiger partial charge in [0.1, 0.15) is 12.6 Å². The van der Waals surface area contributed by atoms with Crippen molar-refractivity contribution in [3.05, 3.63) is 30.7 Å². The van der Waals surface area contributed by atoms with Crippen molar-refractivity contribution >= 4 is 10.9 Å². The molecular weight excluding hydrogens is 124 g/mol. The fraction of sp³-hybridized carbons (Fsp3) is 0.125. The summed E-state index contributed by atoms with van der Waals surface area (Å²) in [6.45, 7) is 0. The molecule has 0 amide bonds. The summed E-state index contributed by atoms with van der Waals surface area (Å²) in [7, 11) is 2.01. The molecule has 0 spiro atoms. The summed E-state index contributed by atoms with van der Waals surface area (Å²) in [5.74, 6) is 0. The number of hydrogen-bond donors (Lipinski definition) is 1. The van der Waals surface area contributed by atoms with Gasteiger partial charge in [0.2, 0.25) is 0 Å². The monoisotopic (exact) mass is 133 g/mol. The molecule has 2 aromatic rings. The number of aromatic amines is 1. The summed E-state index contributed by atoms with van der Waals surface area (Å²) in [5.41, 5.74) is 1.19. The number of H-pyrrole nitrogens is 1. The highest BCUT2D eigenvalue weighted by Gasteiger charge is 1.96. The van der Waals surface area contributed by atoms with Crippen LogP contribution in [0.1, 0.15) is 0 Å². The summed E-state index contributed by atoms with van der Waals surface area (Å²) >= 11 is 0. The maximum Gasteiger partial charge on any atom is 0.192 e. The van der Waals surface area contributed by atoms with Gasteiger partial charge in [0.05, 0.1) is 0 Å². The summed E-state index contributed by atoms with van der Waals surface area (Å²) in [5, 5.41) is 1.26. The standard InChI is InChI=1S/C8H8N2/c1-10-5-3-7-2-4-9-8(7)6-10/h2-6H,1H3/p+1. The van der Waals surface area contributed by atoms with Crippen LogP contribution < -0.4 is 4.57 Å². The molecule has 0 atom stereocenters. The van der Waals surface area contributed by atoms with Gasteiger partial charge in [0, 0.05) is 17.6 Å². The van der Waals surface area contributed by atoms with Crippen LogP contribution in [0.15, 0.2) is 30.7 Å². The fourth-order valence-electron chi connectivity index (χ4n) is 1.10. The largest absolute Gasteiger partial charge is 0.356 e. The van der Waals surface area contributed by atoms with Crippen molar-refractivity contribution in [2.45, 2.75) is 0 Å². The molecule has 50 valence electrons. The average Bonchev–Trinajstić information content (AvgIpc) is 2.33. The highest BCUT2D eigenvalue weighted by Crippen LogP contribution is 2.06. The first-order valence-corrected chi connectivity index (χ1v) is 3.28. The number of aromatic nitrogens is 2. The highest BCUT2D eigenvalue weighted by atomic mass is 14.9. The molecular formula is C8H9N2+. The smallest absolute Gasteiger partial charge is 0.192 e. The van der Waals surface area contributed by atoms with Crippen LogP contribution >= 0.6 is 0 Å². The van der Waals surface area contributed by atoms with Crippen molar-refractivity contribution in [1.82, 2.24) is 4.98 Å². The second-order valence-electron chi connectivity index (χ2n) is 2.46. The van der Waals surface area contributed by atoms with E-state index in [9.17, 15) is 0 Å². The van der Waals surface area contributed by atoms with E-state index in [1.54, 1.807) is 0 Å². The van der Waals surface area contributed by atoms with Crippen LogP contribution in [0.5, 0.6) is 0 Å². The molecule has 0 saturated carbocycles.